The molecule has 1 N–H and O–H groups in total. The van der Waals surface area contributed by atoms with Gasteiger partial charge in [0.15, 0.2) is 0 Å². The van der Waals surface area contributed by atoms with E-state index in [0.717, 1.165) is 32.7 Å². The number of nitrogens with one attached hydrogen (secondary N) is 1. The summed E-state index contributed by atoms with van der Waals surface area (Å²) in [5.41, 5.74) is 4.02. The Kier molecular flexibility index (Phi) is 2.43. The Balaban J connectivity index is 2.11. The maximum atomic E-state index is 4.44. The Morgan fingerprint density at radius 3 is 2.95 bits per heavy atom. The van der Waals surface area contributed by atoms with Crippen LogP contribution in [0.1, 0.15) is 0 Å². The van der Waals surface area contributed by atoms with Gasteiger partial charge in [-0.15, -0.1) is 11.3 Å². The molecule has 91 valence electrons. The van der Waals surface area contributed by atoms with Crippen LogP contribution < -0.4 is 0 Å². The van der Waals surface area contributed by atoms with Crippen LogP contribution in [0.5, 0.6) is 0 Å². The van der Waals surface area contributed by atoms with Gasteiger partial charge in [-0.25, -0.2) is 4.98 Å². The van der Waals surface area contributed by atoms with Gasteiger partial charge in [0, 0.05) is 33.5 Å². The summed E-state index contributed by atoms with van der Waals surface area (Å²) in [6, 6.07) is 6.07. The molecule has 1 aromatic carbocycles. The predicted octanol–water partition coefficient (Wildman–Crippen LogP) is 3.61. The van der Waals surface area contributed by atoms with E-state index in [0.29, 0.717) is 0 Å². The molecule has 3 aromatic heterocycles. The van der Waals surface area contributed by atoms with Crippen molar-refractivity contribution in [1.82, 2.24) is 19.6 Å². The Bertz CT molecular complexity index is 816. The van der Waals surface area contributed by atoms with Gasteiger partial charge in [-0.1, -0.05) is 0 Å². The molecule has 0 spiro atoms. The van der Waals surface area contributed by atoms with Crippen LogP contribution in [0.3, 0.4) is 0 Å². The number of hydrogen-bond donors (Lipinski definition) is 1. The van der Waals surface area contributed by atoms with E-state index in [1.54, 1.807) is 11.3 Å². The molecule has 0 bridgehead atoms. The van der Waals surface area contributed by atoms with Crippen molar-refractivity contribution in [2.24, 2.45) is 0 Å². The van der Waals surface area contributed by atoms with Gasteiger partial charge in [0.25, 0.3) is 0 Å². The third kappa shape index (κ3) is 1.68. The molecule has 0 atom stereocenters. The van der Waals surface area contributed by atoms with E-state index >= 15 is 0 Å². The number of aromatic nitrogens is 4. The molecule has 1 radical (unpaired) electrons. The van der Waals surface area contributed by atoms with Crippen LogP contribution >= 0.6 is 22.9 Å². The third-order valence-electron chi connectivity index (χ3n) is 2.91. The van der Waals surface area contributed by atoms with E-state index in [-0.39, 0.29) is 0 Å². The molecule has 0 amide bonds. The van der Waals surface area contributed by atoms with Crippen molar-refractivity contribution in [2.45, 2.75) is 0 Å². The highest BCUT2D eigenvalue weighted by Gasteiger charge is 2.16. The lowest BCUT2D eigenvalue weighted by Crippen LogP contribution is -1.86. The lowest BCUT2D eigenvalue weighted by molar-refractivity contribution is 1.11. The van der Waals surface area contributed by atoms with E-state index in [1.807, 2.05) is 29.1 Å². The minimum absolute atomic E-state index is 0.943. The number of benzene rings is 1. The second kappa shape index (κ2) is 4.25. The normalized spacial score (nSPS) is 11.2. The van der Waals surface area contributed by atoms with Crippen LogP contribution in [0.25, 0.3) is 32.7 Å². The molecular formula is C13H7N4S2. The van der Waals surface area contributed by atoms with E-state index in [4.69, 9.17) is 0 Å². The van der Waals surface area contributed by atoms with Gasteiger partial charge in [0.05, 0.1) is 11.2 Å². The van der Waals surface area contributed by atoms with Crippen molar-refractivity contribution in [1.29, 1.82) is 0 Å². The zero-order chi connectivity index (χ0) is 12.7. The van der Waals surface area contributed by atoms with E-state index < -0.39 is 0 Å². The van der Waals surface area contributed by atoms with E-state index in [1.165, 1.54) is 11.5 Å². The number of H-pyrrole nitrogens is 1. The molecule has 4 nitrogen and oxygen atoms in total. The highest BCUT2D eigenvalue weighted by Crippen LogP contribution is 2.37. The molecule has 0 aliphatic heterocycles. The van der Waals surface area contributed by atoms with Gasteiger partial charge in [-0.2, -0.15) is 9.47 Å². The van der Waals surface area contributed by atoms with Crippen molar-refractivity contribution in [3.8, 4) is 21.8 Å². The van der Waals surface area contributed by atoms with Gasteiger partial charge in [-0.3, -0.25) is 5.10 Å². The first-order valence-electron chi connectivity index (χ1n) is 5.63. The number of nitrogens with zero attached hydrogens (tertiary/aromatic N) is 3. The topological polar surface area (TPSA) is 54.5 Å². The quantitative estimate of drug-likeness (QED) is 0.611. The Morgan fingerprint density at radius 1 is 1.16 bits per heavy atom. The van der Waals surface area contributed by atoms with Gasteiger partial charge >= 0.3 is 0 Å². The lowest BCUT2D eigenvalue weighted by Gasteiger charge is -2.06. The van der Waals surface area contributed by atoms with Crippen molar-refractivity contribution in [3.63, 3.8) is 0 Å². The Morgan fingerprint density at radius 2 is 2.16 bits per heavy atom. The first-order chi connectivity index (χ1) is 9.43. The Labute approximate surface area is 116 Å². The van der Waals surface area contributed by atoms with Crippen LogP contribution in [0, 0.1) is 6.20 Å². The number of fused-ring (bicyclic) bond motifs is 1. The Hall–Kier alpha value is -2.05. The molecule has 0 unspecified atom stereocenters. The molecule has 4 aromatic rings. The number of hydrogen-bond acceptors (Lipinski definition) is 5. The minimum Gasteiger partial charge on any atom is -0.277 e. The zero-order valence-corrected chi connectivity index (χ0v) is 11.3. The van der Waals surface area contributed by atoms with Crippen LogP contribution in [-0.2, 0) is 0 Å². The molecule has 0 fully saturated rings. The molecule has 0 aliphatic carbocycles. The molecule has 19 heavy (non-hydrogen) atoms. The highest BCUT2D eigenvalue weighted by molar-refractivity contribution is 7.13. The summed E-state index contributed by atoms with van der Waals surface area (Å²) in [6.45, 7) is 0. The molecule has 0 aliphatic rings. The number of thiazole rings is 1. The molecular weight excluding hydrogens is 276 g/mol. The average Bonchev–Trinajstić information content (AvgIpc) is 3.18. The fourth-order valence-electron chi connectivity index (χ4n) is 2.10. The number of aromatic amines is 1. The summed E-state index contributed by atoms with van der Waals surface area (Å²) >= 11 is 3.06. The smallest absolute Gasteiger partial charge is 0.123 e. The van der Waals surface area contributed by atoms with Crippen LogP contribution in [0.15, 0.2) is 35.2 Å². The van der Waals surface area contributed by atoms with Crippen molar-refractivity contribution >= 4 is 33.8 Å². The predicted molar refractivity (Wildman–Crippen MR) is 77.1 cm³/mol. The van der Waals surface area contributed by atoms with Crippen LogP contribution in [0.4, 0.5) is 0 Å². The summed E-state index contributed by atoms with van der Waals surface area (Å²) < 4.78 is 4.44. The summed E-state index contributed by atoms with van der Waals surface area (Å²) in [5, 5.41) is 12.8. The van der Waals surface area contributed by atoms with E-state index in [9.17, 15) is 0 Å². The minimum atomic E-state index is 0.943. The number of rotatable bonds is 2. The van der Waals surface area contributed by atoms with Crippen LogP contribution in [-0.4, -0.2) is 19.6 Å². The average molecular weight is 283 g/mol. The largest absolute Gasteiger partial charge is 0.277 e. The standard InChI is InChI=1S/C13H7N4S2/c1-2-10-9(7-15-16-10)12(11-3-5-19-17-11)8(1)13-14-4-6-18-13/h1-6H,(H,15,16). The molecule has 0 saturated carbocycles. The molecule has 4 rings (SSSR count). The molecule has 3 heterocycles. The summed E-state index contributed by atoms with van der Waals surface area (Å²) in [5.74, 6) is 0. The van der Waals surface area contributed by atoms with Gasteiger partial charge in [0.2, 0.25) is 0 Å². The molecule has 0 saturated heterocycles. The highest BCUT2D eigenvalue weighted by atomic mass is 32.1. The van der Waals surface area contributed by atoms with E-state index in [2.05, 4.69) is 31.8 Å². The first kappa shape index (κ1) is 10.8. The fraction of sp³-hybridized carbons (Fsp3) is 0. The van der Waals surface area contributed by atoms with Gasteiger partial charge in [0.1, 0.15) is 11.2 Å². The summed E-state index contributed by atoms with van der Waals surface area (Å²) in [7, 11) is 0. The SMILES string of the molecule is [c]1n[nH]c2ccc(-c3nccs3)c(-c3ccsn3)c12. The second-order valence-corrected chi connectivity index (χ2v) is 5.53. The third-order valence-corrected chi connectivity index (χ3v) is 4.27. The van der Waals surface area contributed by atoms with Gasteiger partial charge < -0.3 is 0 Å². The first-order valence-corrected chi connectivity index (χ1v) is 7.34. The maximum Gasteiger partial charge on any atom is 0.123 e. The van der Waals surface area contributed by atoms with Crippen molar-refractivity contribution in [2.75, 3.05) is 0 Å². The molecule has 6 heteroatoms. The summed E-state index contributed by atoms with van der Waals surface area (Å²) in [4.78, 5) is 4.40. The summed E-state index contributed by atoms with van der Waals surface area (Å²) in [6.07, 6.45) is 4.83. The monoisotopic (exact) mass is 283 g/mol. The zero-order valence-electron chi connectivity index (χ0n) is 9.62. The van der Waals surface area contributed by atoms with Gasteiger partial charge in [-0.05, 0) is 29.7 Å². The lowest BCUT2D eigenvalue weighted by atomic mass is 10.0. The van der Waals surface area contributed by atoms with Crippen molar-refractivity contribution < 1.29 is 0 Å². The fourth-order valence-corrected chi connectivity index (χ4v) is 3.28. The van der Waals surface area contributed by atoms with Crippen molar-refractivity contribution in [3.05, 3.63) is 41.4 Å². The second-order valence-electron chi connectivity index (χ2n) is 3.97. The maximum absolute atomic E-state index is 4.44. The van der Waals surface area contributed by atoms with Crippen LogP contribution in [0.2, 0.25) is 0 Å².